The van der Waals surface area contributed by atoms with Gasteiger partial charge in [-0.15, -0.1) is 0 Å². The maximum absolute atomic E-state index is 3.61. The lowest BCUT2D eigenvalue weighted by atomic mass is 10.2. The Balaban J connectivity index is 1.81. The number of nitrogens with zero attached hydrogens (tertiary/aromatic N) is 1. The summed E-state index contributed by atoms with van der Waals surface area (Å²) >= 11 is 3.53. The lowest BCUT2D eigenvalue weighted by Crippen LogP contribution is -2.32. The van der Waals surface area contributed by atoms with Gasteiger partial charge in [0.15, 0.2) is 0 Å². The normalized spacial score (nSPS) is 20.9. The van der Waals surface area contributed by atoms with Crippen LogP contribution in [0.25, 0.3) is 0 Å². The second-order valence-electron chi connectivity index (χ2n) is 4.80. The molecule has 1 aromatic carbocycles. The number of benzene rings is 1. The molecule has 1 N–H and O–H groups in total. The molecule has 1 saturated heterocycles. The number of nitrogens with one attached hydrogen (secondary N) is 1. The zero-order valence-corrected chi connectivity index (χ0v) is 12.0. The monoisotopic (exact) mass is 296 g/mol. The summed E-state index contributed by atoms with van der Waals surface area (Å²) in [5.41, 5.74) is 1.40. The minimum atomic E-state index is 0.696. The molecule has 0 bridgehead atoms. The second kappa shape index (κ2) is 6.53. The summed E-state index contributed by atoms with van der Waals surface area (Å²) in [7, 11) is 0. The summed E-state index contributed by atoms with van der Waals surface area (Å²) in [5.74, 6) is 0. The molecule has 3 heteroatoms. The molecule has 0 saturated carbocycles. The molecule has 2 rings (SSSR count). The van der Waals surface area contributed by atoms with Crippen molar-refractivity contribution in [1.82, 2.24) is 10.2 Å². The largest absolute Gasteiger partial charge is 0.313 e. The first-order valence-corrected chi connectivity index (χ1v) is 7.27. The van der Waals surface area contributed by atoms with Gasteiger partial charge in [0.1, 0.15) is 0 Å². The van der Waals surface area contributed by atoms with E-state index in [0.29, 0.717) is 6.04 Å². The molecule has 1 heterocycles. The molecule has 2 nitrogen and oxygen atoms in total. The van der Waals surface area contributed by atoms with Gasteiger partial charge in [-0.25, -0.2) is 0 Å². The van der Waals surface area contributed by atoms with Gasteiger partial charge in [-0.2, -0.15) is 0 Å². The molecule has 0 aromatic heterocycles. The fraction of sp³-hybridized carbons (Fsp3) is 0.571. The maximum Gasteiger partial charge on any atom is 0.0234 e. The predicted molar refractivity (Wildman–Crippen MR) is 76.1 cm³/mol. The molecule has 1 atom stereocenters. The van der Waals surface area contributed by atoms with Crippen molar-refractivity contribution >= 4 is 15.9 Å². The first-order chi connectivity index (χ1) is 8.28. The standard InChI is InChI=1S/C14H21BrN2/c1-2-7-16-14-6-8-17(11-14)10-12-4-3-5-13(15)9-12/h3-5,9,14,16H,2,6-8,10-11H2,1H3. The van der Waals surface area contributed by atoms with Gasteiger partial charge >= 0.3 is 0 Å². The van der Waals surface area contributed by atoms with Crippen LogP contribution in [0.15, 0.2) is 28.7 Å². The van der Waals surface area contributed by atoms with E-state index in [2.05, 4.69) is 57.3 Å². The third kappa shape index (κ3) is 4.09. The molecule has 0 radical (unpaired) electrons. The van der Waals surface area contributed by atoms with Gasteiger partial charge in [0.2, 0.25) is 0 Å². The van der Waals surface area contributed by atoms with Crippen molar-refractivity contribution in [2.45, 2.75) is 32.4 Å². The highest BCUT2D eigenvalue weighted by molar-refractivity contribution is 9.10. The summed E-state index contributed by atoms with van der Waals surface area (Å²) in [6.45, 7) is 6.85. The number of hydrogen-bond acceptors (Lipinski definition) is 2. The number of halogens is 1. The molecule has 0 amide bonds. The Morgan fingerprint density at radius 1 is 1.47 bits per heavy atom. The van der Waals surface area contributed by atoms with E-state index in [9.17, 15) is 0 Å². The Morgan fingerprint density at radius 3 is 3.12 bits per heavy atom. The van der Waals surface area contributed by atoms with E-state index in [4.69, 9.17) is 0 Å². The van der Waals surface area contributed by atoms with Crippen molar-refractivity contribution in [2.24, 2.45) is 0 Å². The highest BCUT2D eigenvalue weighted by atomic mass is 79.9. The van der Waals surface area contributed by atoms with Crippen molar-refractivity contribution in [3.8, 4) is 0 Å². The Labute approximate surface area is 113 Å². The fourth-order valence-electron chi connectivity index (χ4n) is 2.38. The average Bonchev–Trinajstić information content (AvgIpc) is 2.74. The van der Waals surface area contributed by atoms with Gasteiger partial charge in [0.25, 0.3) is 0 Å². The highest BCUT2D eigenvalue weighted by Gasteiger charge is 2.21. The van der Waals surface area contributed by atoms with Crippen molar-refractivity contribution in [1.29, 1.82) is 0 Å². The zero-order chi connectivity index (χ0) is 12.1. The molecule has 1 aliphatic heterocycles. The number of rotatable bonds is 5. The minimum Gasteiger partial charge on any atom is -0.313 e. The van der Waals surface area contributed by atoms with Crippen LogP contribution >= 0.6 is 15.9 Å². The van der Waals surface area contributed by atoms with E-state index in [1.165, 1.54) is 36.0 Å². The SMILES string of the molecule is CCCNC1CCN(Cc2cccc(Br)c2)C1. The van der Waals surface area contributed by atoms with E-state index in [1.807, 2.05) is 0 Å². The van der Waals surface area contributed by atoms with Crippen LogP contribution < -0.4 is 5.32 Å². The quantitative estimate of drug-likeness (QED) is 0.898. The smallest absolute Gasteiger partial charge is 0.0234 e. The molecule has 1 unspecified atom stereocenters. The molecule has 1 aromatic rings. The van der Waals surface area contributed by atoms with Gasteiger partial charge in [0, 0.05) is 30.1 Å². The van der Waals surface area contributed by atoms with E-state index in [-0.39, 0.29) is 0 Å². The highest BCUT2D eigenvalue weighted by Crippen LogP contribution is 2.16. The third-order valence-corrected chi connectivity index (χ3v) is 3.74. The van der Waals surface area contributed by atoms with Gasteiger partial charge < -0.3 is 5.32 Å². The predicted octanol–water partition coefficient (Wildman–Crippen LogP) is 3.02. The molecule has 0 spiro atoms. The molecule has 17 heavy (non-hydrogen) atoms. The van der Waals surface area contributed by atoms with Crippen LogP contribution in [0.5, 0.6) is 0 Å². The van der Waals surface area contributed by atoms with E-state index in [1.54, 1.807) is 0 Å². The van der Waals surface area contributed by atoms with Crippen LogP contribution in [-0.2, 0) is 6.54 Å². The van der Waals surface area contributed by atoms with E-state index >= 15 is 0 Å². The summed E-state index contributed by atoms with van der Waals surface area (Å²) in [4.78, 5) is 2.54. The molecule has 94 valence electrons. The summed E-state index contributed by atoms with van der Waals surface area (Å²) < 4.78 is 1.18. The Morgan fingerprint density at radius 2 is 2.35 bits per heavy atom. The van der Waals surface area contributed by atoms with Crippen LogP contribution in [-0.4, -0.2) is 30.6 Å². The van der Waals surface area contributed by atoms with Crippen LogP contribution in [0.1, 0.15) is 25.3 Å². The Kier molecular flexibility index (Phi) is 5.01. The van der Waals surface area contributed by atoms with Crippen LogP contribution in [0.4, 0.5) is 0 Å². The summed E-state index contributed by atoms with van der Waals surface area (Å²) in [5, 5.41) is 3.61. The van der Waals surface area contributed by atoms with Crippen molar-refractivity contribution < 1.29 is 0 Å². The van der Waals surface area contributed by atoms with Gasteiger partial charge in [-0.05, 0) is 37.1 Å². The van der Waals surface area contributed by atoms with Crippen LogP contribution in [0, 0.1) is 0 Å². The van der Waals surface area contributed by atoms with Gasteiger partial charge in [-0.1, -0.05) is 35.0 Å². The average molecular weight is 297 g/mol. The van der Waals surface area contributed by atoms with Gasteiger partial charge in [-0.3, -0.25) is 4.90 Å². The zero-order valence-electron chi connectivity index (χ0n) is 10.5. The molecule has 1 aliphatic rings. The number of likely N-dealkylation sites (tertiary alicyclic amines) is 1. The fourth-order valence-corrected chi connectivity index (χ4v) is 2.83. The van der Waals surface area contributed by atoms with Gasteiger partial charge in [0.05, 0.1) is 0 Å². The van der Waals surface area contributed by atoms with E-state index in [0.717, 1.165) is 13.1 Å². The minimum absolute atomic E-state index is 0.696. The van der Waals surface area contributed by atoms with Crippen LogP contribution in [0.2, 0.25) is 0 Å². The summed E-state index contributed by atoms with van der Waals surface area (Å²) in [6.07, 6.45) is 2.51. The molecule has 0 aliphatic carbocycles. The lowest BCUT2D eigenvalue weighted by Gasteiger charge is -2.16. The van der Waals surface area contributed by atoms with Crippen molar-refractivity contribution in [3.05, 3.63) is 34.3 Å². The summed E-state index contributed by atoms with van der Waals surface area (Å²) in [6, 6.07) is 9.31. The molecule has 1 fully saturated rings. The Hall–Kier alpha value is -0.380. The first-order valence-electron chi connectivity index (χ1n) is 6.48. The lowest BCUT2D eigenvalue weighted by molar-refractivity contribution is 0.320. The topological polar surface area (TPSA) is 15.3 Å². The third-order valence-electron chi connectivity index (χ3n) is 3.25. The Bertz CT molecular complexity index is 354. The molecular formula is C14H21BrN2. The van der Waals surface area contributed by atoms with Crippen LogP contribution in [0.3, 0.4) is 0 Å². The van der Waals surface area contributed by atoms with Crippen molar-refractivity contribution in [3.63, 3.8) is 0 Å². The first kappa shape index (κ1) is 13.1. The van der Waals surface area contributed by atoms with Crippen molar-refractivity contribution in [2.75, 3.05) is 19.6 Å². The number of hydrogen-bond donors (Lipinski definition) is 1. The second-order valence-corrected chi connectivity index (χ2v) is 5.72. The maximum atomic E-state index is 3.61. The van der Waals surface area contributed by atoms with E-state index < -0.39 is 0 Å². The molecular weight excluding hydrogens is 276 g/mol.